The lowest BCUT2D eigenvalue weighted by Crippen LogP contribution is -2.39. The number of carboxylic acid groups (broad SMARTS) is 1. The number of aryl methyl sites for hydroxylation is 1. The zero-order valence-electron chi connectivity index (χ0n) is 16.2. The number of benzene rings is 1. The van der Waals surface area contributed by atoms with Gasteiger partial charge in [0.2, 0.25) is 5.91 Å². The van der Waals surface area contributed by atoms with Crippen LogP contribution in [0.25, 0.3) is 11.6 Å². The molecule has 5 N–H and O–H groups in total. The molecule has 0 fully saturated rings. The first-order valence-corrected chi connectivity index (χ1v) is 8.96. The Bertz CT molecular complexity index is 1100. The van der Waals surface area contributed by atoms with Gasteiger partial charge >= 0.3 is 5.97 Å². The van der Waals surface area contributed by atoms with E-state index in [-0.39, 0.29) is 18.0 Å². The summed E-state index contributed by atoms with van der Waals surface area (Å²) in [5.74, 6) is -3.22. The summed E-state index contributed by atoms with van der Waals surface area (Å²) in [7, 11) is 0. The molecule has 2 heterocycles. The van der Waals surface area contributed by atoms with E-state index in [1.54, 1.807) is 19.9 Å². The zero-order valence-corrected chi connectivity index (χ0v) is 16.2. The van der Waals surface area contributed by atoms with Gasteiger partial charge in [-0.15, -0.1) is 0 Å². The molecule has 10 heteroatoms. The first kappa shape index (κ1) is 20.8. The number of aromatic amines is 1. The van der Waals surface area contributed by atoms with Gasteiger partial charge in [-0.05, 0) is 43.7 Å². The van der Waals surface area contributed by atoms with Gasteiger partial charge in [-0.25, -0.2) is 4.39 Å². The number of amides is 3. The van der Waals surface area contributed by atoms with Gasteiger partial charge in [-0.2, -0.15) is 0 Å². The lowest BCUT2D eigenvalue weighted by Gasteiger charge is -2.06. The van der Waals surface area contributed by atoms with Crippen molar-refractivity contribution in [1.29, 1.82) is 0 Å². The number of aliphatic carboxylic acids is 1. The van der Waals surface area contributed by atoms with Crippen LogP contribution in [0.4, 0.5) is 10.1 Å². The van der Waals surface area contributed by atoms with E-state index in [0.717, 1.165) is 0 Å². The average molecular weight is 414 g/mol. The summed E-state index contributed by atoms with van der Waals surface area (Å²) in [6.07, 6.45) is 1.54. The maximum Gasteiger partial charge on any atom is 0.322 e. The molecule has 2 aromatic rings. The molecule has 3 amide bonds. The van der Waals surface area contributed by atoms with Gasteiger partial charge in [-0.3, -0.25) is 19.2 Å². The number of rotatable bonds is 6. The Hall–Kier alpha value is -3.95. The highest BCUT2D eigenvalue weighted by Gasteiger charge is 2.26. The molecule has 156 valence electrons. The zero-order chi connectivity index (χ0) is 22.0. The van der Waals surface area contributed by atoms with Crippen molar-refractivity contribution in [3.8, 4) is 0 Å². The summed E-state index contributed by atoms with van der Waals surface area (Å²) in [6, 6.07) is 3.99. The Morgan fingerprint density at radius 3 is 2.60 bits per heavy atom. The number of hydrogen-bond acceptors (Lipinski definition) is 4. The van der Waals surface area contributed by atoms with E-state index in [0.29, 0.717) is 33.8 Å². The number of H-pyrrole nitrogens is 1. The topological polar surface area (TPSA) is 140 Å². The SMILES string of the molecule is Cc1[nH]c(/C=C2\C(=O)Nc3ccc(F)cc32)c(C)c1C(=O)NCC(=O)NCC(=O)O. The lowest BCUT2D eigenvalue weighted by molar-refractivity contribution is -0.137. The fourth-order valence-electron chi connectivity index (χ4n) is 3.19. The van der Waals surface area contributed by atoms with E-state index in [4.69, 9.17) is 5.11 Å². The number of aromatic nitrogens is 1. The van der Waals surface area contributed by atoms with E-state index in [2.05, 4.69) is 20.9 Å². The third-order valence-corrected chi connectivity index (χ3v) is 4.60. The van der Waals surface area contributed by atoms with Gasteiger partial charge in [0.25, 0.3) is 11.8 Å². The minimum atomic E-state index is -1.19. The average Bonchev–Trinajstić information content (AvgIpc) is 3.14. The van der Waals surface area contributed by atoms with E-state index in [1.807, 2.05) is 0 Å². The van der Waals surface area contributed by atoms with Gasteiger partial charge in [-0.1, -0.05) is 0 Å². The smallest absolute Gasteiger partial charge is 0.322 e. The summed E-state index contributed by atoms with van der Waals surface area (Å²) in [6.45, 7) is 2.41. The van der Waals surface area contributed by atoms with Crippen LogP contribution in [-0.4, -0.2) is 46.9 Å². The highest BCUT2D eigenvalue weighted by atomic mass is 19.1. The van der Waals surface area contributed by atoms with Crippen molar-refractivity contribution in [1.82, 2.24) is 15.6 Å². The summed E-state index contributed by atoms with van der Waals surface area (Å²) in [4.78, 5) is 49.9. The summed E-state index contributed by atoms with van der Waals surface area (Å²) >= 11 is 0. The molecule has 9 nitrogen and oxygen atoms in total. The van der Waals surface area contributed by atoms with Crippen LogP contribution >= 0.6 is 0 Å². The normalized spacial score (nSPS) is 13.7. The molecule has 30 heavy (non-hydrogen) atoms. The number of carbonyl (C=O) groups is 4. The number of nitrogens with one attached hydrogen (secondary N) is 4. The number of fused-ring (bicyclic) bond motifs is 1. The molecule has 0 saturated carbocycles. The van der Waals surface area contributed by atoms with Crippen molar-refractivity contribution >= 4 is 41.0 Å². The molecule has 1 aromatic heterocycles. The van der Waals surface area contributed by atoms with Crippen LogP contribution in [0.3, 0.4) is 0 Å². The number of hydrogen-bond donors (Lipinski definition) is 5. The minimum absolute atomic E-state index is 0.258. The standard InChI is InChI=1S/C20H19FN4O5/c1-9-15(6-13-12-5-11(21)3-4-14(12)25-19(13)29)24-10(2)18(9)20(30)23-7-16(26)22-8-17(27)28/h3-6,24H,7-8H2,1-2H3,(H,22,26)(H,23,30)(H,25,29)(H,27,28)/b13-6-. The maximum absolute atomic E-state index is 13.6. The van der Waals surface area contributed by atoms with E-state index in [1.165, 1.54) is 18.2 Å². The molecule has 3 rings (SSSR count). The van der Waals surface area contributed by atoms with Crippen molar-refractivity contribution < 1.29 is 28.7 Å². The van der Waals surface area contributed by atoms with Crippen molar-refractivity contribution in [3.63, 3.8) is 0 Å². The fourth-order valence-corrected chi connectivity index (χ4v) is 3.19. The minimum Gasteiger partial charge on any atom is -0.480 e. The summed E-state index contributed by atoms with van der Waals surface area (Å²) < 4.78 is 13.6. The van der Waals surface area contributed by atoms with Crippen molar-refractivity contribution in [3.05, 3.63) is 52.1 Å². The fraction of sp³-hybridized carbons (Fsp3) is 0.200. The van der Waals surface area contributed by atoms with E-state index < -0.39 is 30.1 Å². The largest absolute Gasteiger partial charge is 0.480 e. The van der Waals surface area contributed by atoms with Crippen LogP contribution in [-0.2, 0) is 14.4 Å². The number of halogens is 1. The predicted octanol–water partition coefficient (Wildman–Crippen LogP) is 1.19. The summed E-state index contributed by atoms with van der Waals surface area (Å²) in [5, 5.41) is 15.8. The Labute approximate surface area is 170 Å². The van der Waals surface area contributed by atoms with Crippen LogP contribution < -0.4 is 16.0 Å². The second-order valence-corrected chi connectivity index (χ2v) is 6.72. The highest BCUT2D eigenvalue weighted by Crippen LogP contribution is 2.34. The number of carbonyl (C=O) groups excluding carboxylic acids is 3. The van der Waals surface area contributed by atoms with Crippen LogP contribution in [0.5, 0.6) is 0 Å². The van der Waals surface area contributed by atoms with Crippen molar-refractivity contribution in [2.45, 2.75) is 13.8 Å². The second kappa shape index (κ2) is 8.19. The van der Waals surface area contributed by atoms with Gasteiger partial charge < -0.3 is 26.0 Å². The van der Waals surface area contributed by atoms with Gasteiger partial charge in [0.15, 0.2) is 0 Å². The number of anilines is 1. The summed E-state index contributed by atoms with van der Waals surface area (Å²) in [5.41, 5.74) is 3.03. The molecule has 0 radical (unpaired) electrons. The van der Waals surface area contributed by atoms with Crippen LogP contribution in [0.2, 0.25) is 0 Å². The Morgan fingerprint density at radius 1 is 1.17 bits per heavy atom. The maximum atomic E-state index is 13.6. The quantitative estimate of drug-likeness (QED) is 0.452. The molecule has 1 aromatic carbocycles. The molecule has 0 bridgehead atoms. The molecule has 0 unspecified atom stereocenters. The van der Waals surface area contributed by atoms with Crippen LogP contribution in [0.1, 0.15) is 32.9 Å². The van der Waals surface area contributed by atoms with Gasteiger partial charge in [0, 0.05) is 22.6 Å². The third kappa shape index (κ3) is 4.22. The van der Waals surface area contributed by atoms with E-state index >= 15 is 0 Å². The molecule has 1 aliphatic rings. The van der Waals surface area contributed by atoms with Crippen molar-refractivity contribution in [2.75, 3.05) is 18.4 Å². The van der Waals surface area contributed by atoms with Crippen molar-refractivity contribution in [2.24, 2.45) is 0 Å². The first-order chi connectivity index (χ1) is 14.2. The van der Waals surface area contributed by atoms with Gasteiger partial charge in [0.1, 0.15) is 12.4 Å². The molecule has 1 aliphatic heterocycles. The first-order valence-electron chi connectivity index (χ1n) is 8.96. The molecule has 0 aliphatic carbocycles. The molecule has 0 atom stereocenters. The lowest BCUT2D eigenvalue weighted by atomic mass is 10.0. The van der Waals surface area contributed by atoms with Crippen LogP contribution in [0.15, 0.2) is 18.2 Å². The molecular weight excluding hydrogens is 395 g/mol. The van der Waals surface area contributed by atoms with Crippen LogP contribution in [0, 0.1) is 19.7 Å². The second-order valence-electron chi connectivity index (χ2n) is 6.72. The molecular formula is C20H19FN4O5. The number of carboxylic acids is 1. The molecule has 0 spiro atoms. The Kier molecular flexibility index (Phi) is 5.67. The van der Waals surface area contributed by atoms with Gasteiger partial charge in [0.05, 0.1) is 17.7 Å². The van der Waals surface area contributed by atoms with E-state index in [9.17, 15) is 23.6 Å². The Balaban J connectivity index is 1.81. The predicted molar refractivity (Wildman–Crippen MR) is 106 cm³/mol. The molecule has 0 saturated heterocycles. The monoisotopic (exact) mass is 414 g/mol. The third-order valence-electron chi connectivity index (χ3n) is 4.60. The highest BCUT2D eigenvalue weighted by molar-refractivity contribution is 6.34. The Morgan fingerprint density at radius 2 is 1.90 bits per heavy atom.